The van der Waals surface area contributed by atoms with Crippen LogP contribution in [0, 0.1) is 0 Å². The molecule has 96 valence electrons. The van der Waals surface area contributed by atoms with Crippen molar-refractivity contribution in [1.82, 2.24) is 14.2 Å². The van der Waals surface area contributed by atoms with Crippen LogP contribution in [0.3, 0.4) is 0 Å². The zero-order valence-electron chi connectivity index (χ0n) is 9.37. The molecule has 0 saturated heterocycles. The first-order chi connectivity index (χ1) is 9.16. The summed E-state index contributed by atoms with van der Waals surface area (Å²) in [5.41, 5.74) is 0.108. The van der Waals surface area contributed by atoms with E-state index in [0.29, 0.717) is 20.1 Å². The van der Waals surface area contributed by atoms with Crippen LogP contribution in [0.1, 0.15) is 5.69 Å². The molecule has 3 rings (SSSR count). The van der Waals surface area contributed by atoms with Crippen LogP contribution in [0.5, 0.6) is 0 Å². The Bertz CT molecular complexity index is 868. The second kappa shape index (κ2) is 4.84. The summed E-state index contributed by atoms with van der Waals surface area (Å²) in [7, 11) is 0. The van der Waals surface area contributed by atoms with E-state index in [1.54, 1.807) is 24.3 Å². The predicted molar refractivity (Wildman–Crippen MR) is 76.4 cm³/mol. The third-order valence-electron chi connectivity index (χ3n) is 2.60. The van der Waals surface area contributed by atoms with Gasteiger partial charge in [0.2, 0.25) is 0 Å². The van der Waals surface area contributed by atoms with Gasteiger partial charge in [-0.05, 0) is 12.1 Å². The van der Waals surface area contributed by atoms with Crippen molar-refractivity contribution in [3.05, 3.63) is 54.3 Å². The minimum atomic E-state index is -0.330. The fourth-order valence-electron chi connectivity index (χ4n) is 1.69. The topological polar surface area (TPSA) is 64.8 Å². The lowest BCUT2D eigenvalue weighted by Crippen LogP contribution is -2.31. The summed E-state index contributed by atoms with van der Waals surface area (Å²) < 4.78 is 5.89. The first-order valence-electron chi connectivity index (χ1n) is 5.26. The van der Waals surface area contributed by atoms with Crippen molar-refractivity contribution in [2.45, 2.75) is 6.54 Å². The highest BCUT2D eigenvalue weighted by Gasteiger charge is 2.12. The van der Waals surface area contributed by atoms with Crippen LogP contribution in [0.2, 0.25) is 4.34 Å². The number of benzene rings is 1. The van der Waals surface area contributed by atoms with Crippen molar-refractivity contribution in [2.24, 2.45) is 0 Å². The van der Waals surface area contributed by atoms with Crippen LogP contribution < -0.4 is 10.4 Å². The molecule has 19 heavy (non-hydrogen) atoms. The summed E-state index contributed by atoms with van der Waals surface area (Å²) in [5.74, 6) is 0. The number of hydrogen-bond donors (Lipinski definition) is 0. The Morgan fingerprint density at radius 1 is 1.26 bits per heavy atom. The predicted octanol–water partition coefficient (Wildman–Crippen LogP) is 1.98. The Hall–Kier alpha value is -1.57. The maximum Gasteiger partial charge on any atom is 0.310 e. The molecule has 3 aromatic rings. The van der Waals surface area contributed by atoms with Crippen molar-refractivity contribution in [3.63, 3.8) is 0 Å². The molecule has 2 aromatic heterocycles. The van der Waals surface area contributed by atoms with Gasteiger partial charge >= 0.3 is 4.87 Å². The average Bonchev–Trinajstić information content (AvgIpc) is 2.80. The van der Waals surface area contributed by atoms with Crippen LogP contribution in [-0.4, -0.2) is 14.2 Å². The van der Waals surface area contributed by atoms with Gasteiger partial charge < -0.3 is 0 Å². The number of hydrogen-bond acceptors (Lipinski definition) is 6. The molecule has 0 fully saturated rings. The van der Waals surface area contributed by atoms with Crippen LogP contribution in [-0.2, 0) is 6.54 Å². The van der Waals surface area contributed by atoms with Crippen LogP contribution >= 0.6 is 34.5 Å². The van der Waals surface area contributed by atoms with Crippen LogP contribution in [0.4, 0.5) is 0 Å². The second-order valence-electron chi connectivity index (χ2n) is 3.75. The zero-order valence-corrected chi connectivity index (χ0v) is 11.8. The number of rotatable bonds is 2. The zero-order chi connectivity index (χ0) is 13.4. The number of fused-ring (bicyclic) bond motifs is 1. The Balaban J connectivity index is 2.22. The largest absolute Gasteiger partial charge is 0.310 e. The number of nitrogens with zero attached hydrogens (tertiary/aromatic N) is 3. The van der Waals surface area contributed by atoms with Gasteiger partial charge in [-0.25, -0.2) is 0 Å². The highest BCUT2D eigenvalue weighted by atomic mass is 35.5. The molecule has 5 nitrogen and oxygen atoms in total. The summed E-state index contributed by atoms with van der Waals surface area (Å²) >= 11 is 7.95. The van der Waals surface area contributed by atoms with Gasteiger partial charge in [-0.1, -0.05) is 39.6 Å². The van der Waals surface area contributed by atoms with Gasteiger partial charge in [-0.2, -0.15) is 0 Å². The highest BCUT2D eigenvalue weighted by Crippen LogP contribution is 2.18. The molecule has 0 atom stereocenters. The molecular weight excluding hydrogens is 306 g/mol. The standard InChI is InChI=1S/C11H6ClN3O2S2/c12-9-7(13-14-19-9)5-15-10(16)6-3-1-2-4-8(6)18-11(15)17/h1-4H,5H2. The third-order valence-corrected chi connectivity index (χ3v) is 4.55. The normalized spacial score (nSPS) is 11.0. The molecule has 0 unspecified atom stereocenters. The monoisotopic (exact) mass is 311 g/mol. The van der Waals surface area contributed by atoms with Crippen molar-refractivity contribution in [3.8, 4) is 0 Å². The fourth-order valence-corrected chi connectivity index (χ4v) is 3.16. The Labute approximate surface area is 119 Å². The molecule has 1 aromatic carbocycles. The Morgan fingerprint density at radius 3 is 2.79 bits per heavy atom. The summed E-state index contributed by atoms with van der Waals surface area (Å²) in [6.45, 7) is 0.0499. The Kier molecular flexibility index (Phi) is 3.17. The van der Waals surface area contributed by atoms with Crippen molar-refractivity contribution < 1.29 is 0 Å². The van der Waals surface area contributed by atoms with E-state index in [1.165, 1.54) is 0 Å². The quantitative estimate of drug-likeness (QED) is 0.726. The maximum absolute atomic E-state index is 12.3. The van der Waals surface area contributed by atoms with Crippen LogP contribution in [0.25, 0.3) is 10.1 Å². The SMILES string of the molecule is O=c1sc2ccccc2c(=O)n1Cc1nnsc1Cl. The van der Waals surface area contributed by atoms with E-state index >= 15 is 0 Å². The van der Waals surface area contributed by atoms with Gasteiger partial charge in [0.15, 0.2) is 0 Å². The maximum atomic E-state index is 12.3. The summed E-state index contributed by atoms with van der Waals surface area (Å²) in [6, 6.07) is 7.02. The summed E-state index contributed by atoms with van der Waals surface area (Å²) in [5, 5.41) is 4.34. The van der Waals surface area contributed by atoms with Crippen molar-refractivity contribution in [1.29, 1.82) is 0 Å². The molecule has 0 spiro atoms. The van der Waals surface area contributed by atoms with Gasteiger partial charge in [0.05, 0.1) is 11.9 Å². The van der Waals surface area contributed by atoms with E-state index in [-0.39, 0.29) is 17.0 Å². The van der Waals surface area contributed by atoms with E-state index in [0.717, 1.165) is 27.4 Å². The molecule has 0 amide bonds. The average molecular weight is 312 g/mol. The summed E-state index contributed by atoms with van der Waals surface area (Å²) in [4.78, 5) is 23.9. The summed E-state index contributed by atoms with van der Waals surface area (Å²) in [6.07, 6.45) is 0. The van der Waals surface area contributed by atoms with Crippen LogP contribution in [0.15, 0.2) is 33.9 Å². The number of halogens is 1. The lowest BCUT2D eigenvalue weighted by Gasteiger charge is -2.03. The molecule has 0 N–H and O–H groups in total. The van der Waals surface area contributed by atoms with Gasteiger partial charge in [0.1, 0.15) is 10.0 Å². The molecule has 8 heteroatoms. The Morgan fingerprint density at radius 2 is 2.05 bits per heavy atom. The van der Waals surface area contributed by atoms with Crippen molar-refractivity contribution >= 4 is 44.6 Å². The van der Waals surface area contributed by atoms with E-state index in [2.05, 4.69) is 9.59 Å². The van der Waals surface area contributed by atoms with E-state index in [9.17, 15) is 9.59 Å². The second-order valence-corrected chi connectivity index (χ2v) is 6.10. The first kappa shape index (κ1) is 12.5. The third kappa shape index (κ3) is 2.20. The highest BCUT2D eigenvalue weighted by molar-refractivity contribution is 7.16. The minimum absolute atomic E-state index is 0.0499. The molecular formula is C11H6ClN3O2S2. The molecule has 2 heterocycles. The molecule has 0 aliphatic rings. The van der Waals surface area contributed by atoms with Gasteiger partial charge in [-0.3, -0.25) is 14.2 Å². The number of aromatic nitrogens is 3. The molecule has 0 radical (unpaired) electrons. The lowest BCUT2D eigenvalue weighted by atomic mass is 10.3. The molecule has 0 aliphatic carbocycles. The van der Waals surface area contributed by atoms with E-state index in [4.69, 9.17) is 11.6 Å². The van der Waals surface area contributed by atoms with Crippen molar-refractivity contribution in [2.75, 3.05) is 0 Å². The molecule has 0 bridgehead atoms. The molecule has 0 saturated carbocycles. The van der Waals surface area contributed by atoms with Gasteiger partial charge in [-0.15, -0.1) is 5.10 Å². The van der Waals surface area contributed by atoms with E-state index < -0.39 is 0 Å². The molecule has 0 aliphatic heterocycles. The smallest absolute Gasteiger partial charge is 0.269 e. The lowest BCUT2D eigenvalue weighted by molar-refractivity contribution is 0.729. The minimum Gasteiger partial charge on any atom is -0.269 e. The van der Waals surface area contributed by atoms with Gasteiger partial charge in [0.25, 0.3) is 5.56 Å². The van der Waals surface area contributed by atoms with Gasteiger partial charge in [0, 0.05) is 16.2 Å². The first-order valence-corrected chi connectivity index (χ1v) is 7.23. The fraction of sp³-hybridized carbons (Fsp3) is 0.0909. The van der Waals surface area contributed by atoms with E-state index in [1.807, 2.05) is 0 Å².